The number of carbonyl (C=O) groups is 4. The number of rotatable bonds is 4. The van der Waals surface area contributed by atoms with Crippen LogP contribution in [0.25, 0.3) is 0 Å². The van der Waals surface area contributed by atoms with E-state index >= 15 is 0 Å². The Bertz CT molecular complexity index is 1090. The summed E-state index contributed by atoms with van der Waals surface area (Å²) in [6.07, 6.45) is 5.41. The van der Waals surface area contributed by atoms with E-state index in [9.17, 15) is 29.4 Å². The van der Waals surface area contributed by atoms with Crippen molar-refractivity contribution >= 4 is 23.5 Å². The maximum Gasteiger partial charge on any atom is 0.343 e. The van der Waals surface area contributed by atoms with Gasteiger partial charge in [-0.25, -0.2) is 9.59 Å². The van der Waals surface area contributed by atoms with Gasteiger partial charge in [0.2, 0.25) is 17.2 Å². The minimum absolute atomic E-state index is 0.0379. The van der Waals surface area contributed by atoms with Crippen LogP contribution in [0.15, 0.2) is 59.6 Å². The van der Waals surface area contributed by atoms with E-state index in [1.165, 1.54) is 19.1 Å². The fourth-order valence-electron chi connectivity index (χ4n) is 3.00. The minimum atomic E-state index is -2.20. The summed E-state index contributed by atoms with van der Waals surface area (Å²) in [6, 6.07) is 2.15. The summed E-state index contributed by atoms with van der Waals surface area (Å²) in [6.45, 7) is 2.56. The van der Waals surface area contributed by atoms with Gasteiger partial charge < -0.3 is 24.8 Å². The highest BCUT2D eigenvalue weighted by molar-refractivity contribution is 6.26. The first-order valence-electron chi connectivity index (χ1n) is 8.59. The van der Waals surface area contributed by atoms with Crippen LogP contribution in [0.5, 0.6) is 11.5 Å². The molecular weight excluding hydrogens is 396 g/mol. The van der Waals surface area contributed by atoms with Crippen molar-refractivity contribution in [1.29, 1.82) is 0 Å². The molecular formula is C21H16O9. The number of phenolic OH excluding ortho intramolecular Hbond substituents is 2. The van der Waals surface area contributed by atoms with Crippen molar-refractivity contribution in [2.45, 2.75) is 19.4 Å². The molecule has 0 aromatic heterocycles. The van der Waals surface area contributed by atoms with Crippen LogP contribution in [0, 0.1) is 6.92 Å². The van der Waals surface area contributed by atoms with Crippen LogP contribution in [0.3, 0.4) is 0 Å². The molecule has 0 amide bonds. The first-order valence-corrected chi connectivity index (χ1v) is 8.59. The van der Waals surface area contributed by atoms with E-state index in [0.717, 1.165) is 37.5 Å². The quantitative estimate of drug-likeness (QED) is 0.383. The Kier molecular flexibility index (Phi) is 5.05. The van der Waals surface area contributed by atoms with Crippen molar-refractivity contribution in [2.24, 2.45) is 0 Å². The number of carboxylic acid groups (broad SMARTS) is 1. The molecule has 1 aromatic carbocycles. The van der Waals surface area contributed by atoms with Gasteiger partial charge in [-0.1, -0.05) is 0 Å². The number of aliphatic carboxylic acids is 1. The lowest BCUT2D eigenvalue weighted by Gasteiger charge is -2.31. The Morgan fingerprint density at radius 1 is 1.17 bits per heavy atom. The predicted octanol–water partition coefficient (Wildman–Crippen LogP) is 1.84. The van der Waals surface area contributed by atoms with E-state index in [-0.39, 0.29) is 33.8 Å². The van der Waals surface area contributed by atoms with Gasteiger partial charge in [0.1, 0.15) is 29.1 Å². The van der Waals surface area contributed by atoms with Gasteiger partial charge in [-0.2, -0.15) is 0 Å². The third kappa shape index (κ3) is 3.60. The lowest BCUT2D eigenvalue weighted by atomic mass is 9.80. The van der Waals surface area contributed by atoms with E-state index in [2.05, 4.69) is 0 Å². The molecule has 0 unspecified atom stereocenters. The molecule has 1 atom stereocenters. The summed E-state index contributed by atoms with van der Waals surface area (Å²) >= 11 is 0. The molecule has 9 heteroatoms. The van der Waals surface area contributed by atoms with Crippen molar-refractivity contribution in [3.8, 4) is 11.5 Å². The number of hydrogen-bond donors (Lipinski definition) is 3. The second kappa shape index (κ2) is 7.36. The van der Waals surface area contributed by atoms with Gasteiger partial charge in [0, 0.05) is 12.1 Å². The molecule has 2 aliphatic rings. The summed E-state index contributed by atoms with van der Waals surface area (Å²) < 4.78 is 10.4. The van der Waals surface area contributed by atoms with E-state index in [1.807, 2.05) is 0 Å². The molecule has 1 aliphatic carbocycles. The number of fused-ring (bicyclic) bond motifs is 1. The van der Waals surface area contributed by atoms with Crippen molar-refractivity contribution in [2.75, 3.05) is 0 Å². The number of phenols is 2. The van der Waals surface area contributed by atoms with Gasteiger partial charge in [0.15, 0.2) is 0 Å². The highest BCUT2D eigenvalue weighted by Crippen LogP contribution is 2.35. The number of carboxylic acids is 1. The second-order valence-corrected chi connectivity index (χ2v) is 6.74. The SMILES string of the molecule is Cc1cc(O)cc(O)c1C(=O)O[C@@]1(C)C(=O)C=C2C=C(/C=C/C(=O)O)OC=C2C1=O. The lowest BCUT2D eigenvalue weighted by Crippen LogP contribution is -2.50. The summed E-state index contributed by atoms with van der Waals surface area (Å²) in [5.41, 5.74) is -2.16. The number of carbonyl (C=O) groups excluding carboxylic acids is 3. The largest absolute Gasteiger partial charge is 0.508 e. The Morgan fingerprint density at radius 2 is 1.87 bits per heavy atom. The van der Waals surface area contributed by atoms with Crippen molar-refractivity contribution < 1.29 is 44.0 Å². The van der Waals surface area contributed by atoms with Gasteiger partial charge in [-0.15, -0.1) is 0 Å². The van der Waals surface area contributed by atoms with Gasteiger partial charge in [0.25, 0.3) is 0 Å². The van der Waals surface area contributed by atoms with Crippen LogP contribution in [0.2, 0.25) is 0 Å². The molecule has 0 radical (unpaired) electrons. The molecule has 0 bridgehead atoms. The molecule has 1 aromatic rings. The summed E-state index contributed by atoms with van der Waals surface area (Å²) in [7, 11) is 0. The van der Waals surface area contributed by atoms with Crippen molar-refractivity contribution in [3.63, 3.8) is 0 Å². The van der Waals surface area contributed by atoms with Crippen LogP contribution in [0.4, 0.5) is 0 Å². The maximum atomic E-state index is 12.9. The monoisotopic (exact) mass is 412 g/mol. The number of aryl methyl sites for hydroxylation is 1. The highest BCUT2D eigenvalue weighted by atomic mass is 16.6. The van der Waals surface area contributed by atoms with E-state index in [1.54, 1.807) is 0 Å². The van der Waals surface area contributed by atoms with Gasteiger partial charge in [-0.05, 0) is 49.3 Å². The molecule has 0 fully saturated rings. The van der Waals surface area contributed by atoms with Gasteiger partial charge >= 0.3 is 11.9 Å². The molecule has 9 nitrogen and oxygen atoms in total. The Balaban J connectivity index is 1.93. The van der Waals surface area contributed by atoms with Crippen LogP contribution in [-0.2, 0) is 23.9 Å². The number of allylic oxidation sites excluding steroid dienone is 3. The first-order chi connectivity index (χ1) is 14.0. The first kappa shape index (κ1) is 20.6. The normalized spacial score (nSPS) is 20.7. The zero-order valence-corrected chi connectivity index (χ0v) is 15.8. The highest BCUT2D eigenvalue weighted by Gasteiger charge is 2.49. The number of ether oxygens (including phenoxy) is 2. The third-order valence-electron chi connectivity index (χ3n) is 4.55. The third-order valence-corrected chi connectivity index (χ3v) is 4.55. The molecule has 3 rings (SSSR count). The number of esters is 1. The average molecular weight is 412 g/mol. The molecule has 1 heterocycles. The Hall–Kier alpha value is -4.14. The molecule has 0 saturated carbocycles. The van der Waals surface area contributed by atoms with Crippen LogP contribution in [-0.4, -0.2) is 44.4 Å². The van der Waals surface area contributed by atoms with Crippen molar-refractivity contribution in [3.05, 3.63) is 70.7 Å². The zero-order chi connectivity index (χ0) is 22.2. The number of aromatic hydroxyl groups is 2. The number of Topliss-reactive ketones (excluding diaryl/α,β-unsaturated/α-hetero) is 1. The van der Waals surface area contributed by atoms with E-state index in [4.69, 9.17) is 14.6 Å². The maximum absolute atomic E-state index is 12.9. The Labute approximate surface area is 169 Å². The Morgan fingerprint density at radius 3 is 2.50 bits per heavy atom. The fraction of sp³-hybridized carbons (Fsp3) is 0.143. The summed E-state index contributed by atoms with van der Waals surface area (Å²) in [4.78, 5) is 48.8. The number of hydrogen-bond acceptors (Lipinski definition) is 8. The van der Waals surface area contributed by atoms with Crippen LogP contribution < -0.4 is 0 Å². The number of benzene rings is 1. The number of ketones is 2. The molecule has 154 valence electrons. The zero-order valence-electron chi connectivity index (χ0n) is 15.8. The summed E-state index contributed by atoms with van der Waals surface area (Å²) in [5.74, 6) is -4.72. The summed E-state index contributed by atoms with van der Waals surface area (Å²) in [5, 5.41) is 28.1. The molecule has 1 aliphatic heterocycles. The second-order valence-electron chi connectivity index (χ2n) is 6.74. The average Bonchev–Trinajstić information content (AvgIpc) is 2.64. The fourth-order valence-corrected chi connectivity index (χ4v) is 3.00. The van der Waals surface area contributed by atoms with Gasteiger partial charge in [0.05, 0.1) is 5.57 Å². The smallest absolute Gasteiger partial charge is 0.343 e. The predicted molar refractivity (Wildman–Crippen MR) is 100 cm³/mol. The molecule has 0 saturated heterocycles. The van der Waals surface area contributed by atoms with E-state index < -0.39 is 34.9 Å². The van der Waals surface area contributed by atoms with Gasteiger partial charge in [-0.3, -0.25) is 9.59 Å². The lowest BCUT2D eigenvalue weighted by molar-refractivity contribution is -0.145. The van der Waals surface area contributed by atoms with Crippen LogP contribution in [0.1, 0.15) is 22.8 Å². The van der Waals surface area contributed by atoms with E-state index in [0.29, 0.717) is 0 Å². The molecule has 3 N–H and O–H groups in total. The molecule has 30 heavy (non-hydrogen) atoms. The minimum Gasteiger partial charge on any atom is -0.508 e. The topological polar surface area (TPSA) is 147 Å². The standard InChI is InChI=1S/C21H16O9/c1-10-5-12(22)8-15(23)18(10)20(28)30-21(2)16(24)7-11-6-13(3-4-17(25)26)29-9-14(11)19(21)27/h3-9,22-23H,1-2H3,(H,25,26)/b4-3+/t21-/m0/s1. The van der Waals surface area contributed by atoms with Crippen molar-refractivity contribution in [1.82, 2.24) is 0 Å². The molecule has 0 spiro atoms. The van der Waals surface area contributed by atoms with Crippen LogP contribution >= 0.6 is 0 Å².